The summed E-state index contributed by atoms with van der Waals surface area (Å²) in [6.07, 6.45) is -0.0855. The van der Waals surface area contributed by atoms with Crippen LogP contribution in [0.1, 0.15) is 29.8 Å². The van der Waals surface area contributed by atoms with Gasteiger partial charge in [-0.1, -0.05) is 34.1 Å². The molecule has 4 heteroatoms. The Hall–Kier alpha value is -1.52. The van der Waals surface area contributed by atoms with Crippen LogP contribution in [-0.2, 0) is 0 Å². The van der Waals surface area contributed by atoms with Crippen LogP contribution in [0.2, 0.25) is 0 Å². The van der Waals surface area contributed by atoms with E-state index in [2.05, 4.69) is 15.9 Å². The Bertz CT molecular complexity index is 610. The highest BCUT2D eigenvalue weighted by atomic mass is 79.9. The Kier molecular flexibility index (Phi) is 3.68. The molecule has 2 aromatic carbocycles. The third-order valence-electron chi connectivity index (χ3n) is 3.53. The van der Waals surface area contributed by atoms with Crippen molar-refractivity contribution in [3.8, 4) is 11.5 Å². The lowest BCUT2D eigenvalue weighted by Crippen LogP contribution is -2.18. The average Bonchev–Trinajstić information content (AvgIpc) is 2.46. The molecule has 0 saturated carbocycles. The largest absolute Gasteiger partial charge is 0.497 e. The molecule has 3 nitrogen and oxygen atoms in total. The van der Waals surface area contributed by atoms with Crippen molar-refractivity contribution < 1.29 is 14.6 Å². The third-order valence-corrected chi connectivity index (χ3v) is 4.02. The zero-order valence-corrected chi connectivity index (χ0v) is 12.6. The van der Waals surface area contributed by atoms with Gasteiger partial charge in [-0.25, -0.2) is 0 Å². The molecule has 2 unspecified atom stereocenters. The number of methoxy groups -OCH3 is 1. The first kappa shape index (κ1) is 13.5. The molecule has 0 fully saturated rings. The van der Waals surface area contributed by atoms with Crippen LogP contribution in [0.15, 0.2) is 46.9 Å². The molecule has 104 valence electrons. The molecular formula is C16H15BrO3. The van der Waals surface area contributed by atoms with Gasteiger partial charge >= 0.3 is 0 Å². The topological polar surface area (TPSA) is 38.7 Å². The highest BCUT2D eigenvalue weighted by Crippen LogP contribution is 2.41. The van der Waals surface area contributed by atoms with E-state index in [1.54, 1.807) is 7.11 Å². The molecule has 1 aliphatic rings. The number of aliphatic hydroxyl groups excluding tert-OH is 1. The minimum atomic E-state index is -0.501. The first-order valence-corrected chi connectivity index (χ1v) is 7.25. The summed E-state index contributed by atoms with van der Waals surface area (Å²) >= 11 is 3.43. The van der Waals surface area contributed by atoms with Gasteiger partial charge in [0.2, 0.25) is 0 Å². The maximum Gasteiger partial charge on any atom is 0.127 e. The van der Waals surface area contributed by atoms with Crippen LogP contribution >= 0.6 is 15.9 Å². The number of fused-ring (bicyclic) bond motifs is 1. The summed E-state index contributed by atoms with van der Waals surface area (Å²) < 4.78 is 12.1. The van der Waals surface area contributed by atoms with E-state index < -0.39 is 6.10 Å². The molecule has 0 saturated heterocycles. The van der Waals surface area contributed by atoms with Gasteiger partial charge in [0.25, 0.3) is 0 Å². The standard InChI is InChI=1S/C16H15BrO3/c1-19-12-5-2-10(3-6-12)15-9-14(18)13-7-4-11(17)8-16(13)20-15/h2-8,14-15,18H,9H2,1H3. The number of rotatable bonds is 2. The zero-order valence-electron chi connectivity index (χ0n) is 11.0. The molecule has 0 aliphatic carbocycles. The van der Waals surface area contributed by atoms with Crippen molar-refractivity contribution in [2.75, 3.05) is 7.11 Å². The van der Waals surface area contributed by atoms with Gasteiger partial charge < -0.3 is 14.6 Å². The Balaban J connectivity index is 1.89. The lowest BCUT2D eigenvalue weighted by atomic mass is 9.95. The Morgan fingerprint density at radius 3 is 2.65 bits per heavy atom. The molecule has 1 aliphatic heterocycles. The normalized spacial score (nSPS) is 20.9. The van der Waals surface area contributed by atoms with Gasteiger partial charge in [0.1, 0.15) is 17.6 Å². The number of aliphatic hydroxyl groups is 1. The first-order chi connectivity index (χ1) is 9.67. The van der Waals surface area contributed by atoms with E-state index in [9.17, 15) is 5.11 Å². The number of ether oxygens (including phenoxy) is 2. The van der Waals surface area contributed by atoms with E-state index in [1.165, 1.54) is 0 Å². The Morgan fingerprint density at radius 1 is 1.20 bits per heavy atom. The van der Waals surface area contributed by atoms with Crippen LogP contribution in [0, 0.1) is 0 Å². The van der Waals surface area contributed by atoms with Gasteiger partial charge in [-0.3, -0.25) is 0 Å². The van der Waals surface area contributed by atoms with Gasteiger partial charge in [-0.05, 0) is 29.8 Å². The van der Waals surface area contributed by atoms with Crippen LogP contribution in [-0.4, -0.2) is 12.2 Å². The highest BCUT2D eigenvalue weighted by Gasteiger charge is 2.28. The summed E-state index contributed by atoms with van der Waals surface area (Å²) in [5, 5.41) is 10.3. The van der Waals surface area contributed by atoms with E-state index >= 15 is 0 Å². The molecule has 2 aromatic rings. The summed E-state index contributed by atoms with van der Waals surface area (Å²) in [6, 6.07) is 13.5. The van der Waals surface area contributed by atoms with E-state index in [4.69, 9.17) is 9.47 Å². The summed E-state index contributed by atoms with van der Waals surface area (Å²) in [5.74, 6) is 1.55. The number of hydrogen-bond acceptors (Lipinski definition) is 3. The molecule has 0 radical (unpaired) electrons. The van der Waals surface area contributed by atoms with Crippen molar-refractivity contribution in [2.45, 2.75) is 18.6 Å². The van der Waals surface area contributed by atoms with Crippen LogP contribution < -0.4 is 9.47 Å². The van der Waals surface area contributed by atoms with Crippen molar-refractivity contribution in [3.05, 3.63) is 58.1 Å². The van der Waals surface area contributed by atoms with E-state index in [1.807, 2.05) is 42.5 Å². The van der Waals surface area contributed by atoms with Crippen LogP contribution in [0.25, 0.3) is 0 Å². The smallest absolute Gasteiger partial charge is 0.127 e. The molecular weight excluding hydrogens is 320 g/mol. The van der Waals surface area contributed by atoms with E-state index in [-0.39, 0.29) is 6.10 Å². The van der Waals surface area contributed by atoms with Crippen molar-refractivity contribution in [3.63, 3.8) is 0 Å². The second-order valence-electron chi connectivity index (χ2n) is 4.81. The maximum atomic E-state index is 10.3. The van der Waals surface area contributed by atoms with E-state index in [0.717, 1.165) is 27.1 Å². The predicted molar refractivity (Wildman–Crippen MR) is 80.1 cm³/mol. The van der Waals surface area contributed by atoms with Crippen LogP contribution in [0.5, 0.6) is 11.5 Å². The van der Waals surface area contributed by atoms with Crippen molar-refractivity contribution in [1.29, 1.82) is 0 Å². The van der Waals surface area contributed by atoms with Gasteiger partial charge in [0.15, 0.2) is 0 Å². The van der Waals surface area contributed by atoms with Crippen LogP contribution in [0.4, 0.5) is 0 Å². The third kappa shape index (κ3) is 2.53. The Morgan fingerprint density at radius 2 is 1.95 bits per heavy atom. The van der Waals surface area contributed by atoms with Gasteiger partial charge in [0, 0.05) is 16.5 Å². The molecule has 0 aromatic heterocycles. The lowest BCUT2D eigenvalue weighted by molar-refractivity contribution is 0.0656. The fourth-order valence-corrected chi connectivity index (χ4v) is 2.78. The SMILES string of the molecule is COc1ccc(C2CC(O)c3ccc(Br)cc3O2)cc1. The molecule has 0 spiro atoms. The zero-order chi connectivity index (χ0) is 14.1. The highest BCUT2D eigenvalue weighted by molar-refractivity contribution is 9.10. The van der Waals surface area contributed by atoms with Crippen molar-refractivity contribution >= 4 is 15.9 Å². The minimum Gasteiger partial charge on any atom is -0.497 e. The molecule has 2 atom stereocenters. The van der Waals surface area contributed by atoms with Crippen LogP contribution in [0.3, 0.4) is 0 Å². The number of benzene rings is 2. The summed E-state index contributed by atoms with van der Waals surface area (Å²) in [4.78, 5) is 0. The monoisotopic (exact) mass is 334 g/mol. The molecule has 1 N–H and O–H groups in total. The Labute approximate surface area is 126 Å². The summed E-state index contributed by atoms with van der Waals surface area (Å²) in [5.41, 5.74) is 1.88. The fraction of sp³-hybridized carbons (Fsp3) is 0.250. The molecule has 0 bridgehead atoms. The maximum absolute atomic E-state index is 10.3. The van der Waals surface area contributed by atoms with Gasteiger partial charge in [-0.15, -0.1) is 0 Å². The second-order valence-corrected chi connectivity index (χ2v) is 5.73. The van der Waals surface area contributed by atoms with Crippen molar-refractivity contribution in [2.24, 2.45) is 0 Å². The van der Waals surface area contributed by atoms with Gasteiger partial charge in [-0.2, -0.15) is 0 Å². The number of hydrogen-bond donors (Lipinski definition) is 1. The number of halogens is 1. The second kappa shape index (κ2) is 5.46. The summed E-state index contributed by atoms with van der Waals surface area (Å²) in [7, 11) is 1.64. The molecule has 1 heterocycles. The quantitative estimate of drug-likeness (QED) is 0.901. The lowest BCUT2D eigenvalue weighted by Gasteiger charge is -2.30. The van der Waals surface area contributed by atoms with Gasteiger partial charge in [0.05, 0.1) is 13.2 Å². The minimum absolute atomic E-state index is 0.141. The average molecular weight is 335 g/mol. The molecule has 20 heavy (non-hydrogen) atoms. The predicted octanol–water partition coefficient (Wildman–Crippen LogP) is 4.01. The first-order valence-electron chi connectivity index (χ1n) is 6.45. The summed E-state index contributed by atoms with van der Waals surface area (Å²) in [6.45, 7) is 0. The van der Waals surface area contributed by atoms with E-state index in [0.29, 0.717) is 6.42 Å². The fourth-order valence-electron chi connectivity index (χ4n) is 2.44. The molecule has 3 rings (SSSR count). The van der Waals surface area contributed by atoms with Crippen molar-refractivity contribution in [1.82, 2.24) is 0 Å². The molecule has 0 amide bonds.